The normalized spacial score (nSPS) is 16.1. The molecule has 5 heteroatoms. The number of nitrogens with zero attached hydrogens (tertiary/aromatic N) is 1. The van der Waals surface area contributed by atoms with Gasteiger partial charge in [-0.25, -0.2) is 0 Å². The molecule has 28 heavy (non-hydrogen) atoms. The molecule has 1 aliphatic heterocycles. The monoisotopic (exact) mass is 418 g/mol. The second-order valence-corrected chi connectivity index (χ2v) is 9.15. The van der Waals surface area contributed by atoms with E-state index in [1.807, 2.05) is 36.4 Å². The van der Waals surface area contributed by atoms with Gasteiger partial charge in [0.25, 0.3) is 0 Å². The predicted octanol–water partition coefficient (Wildman–Crippen LogP) is 5.34. The van der Waals surface area contributed by atoms with Crippen molar-refractivity contribution in [2.75, 3.05) is 13.1 Å². The van der Waals surface area contributed by atoms with Gasteiger partial charge in [0.1, 0.15) is 0 Å². The topological polar surface area (TPSA) is 32.3 Å². The molecule has 0 aromatic heterocycles. The summed E-state index contributed by atoms with van der Waals surface area (Å²) in [6.45, 7) is 6.86. The molecular weight excluding hydrogens is 391 g/mol. The average molecular weight is 419 g/mol. The van der Waals surface area contributed by atoms with E-state index < -0.39 is 0 Å². The van der Waals surface area contributed by atoms with Gasteiger partial charge in [0.15, 0.2) is 0 Å². The molecule has 1 saturated heterocycles. The van der Waals surface area contributed by atoms with Crippen LogP contribution in [0.3, 0.4) is 0 Å². The van der Waals surface area contributed by atoms with Crippen LogP contribution in [0.25, 0.3) is 0 Å². The Morgan fingerprint density at radius 1 is 1.04 bits per heavy atom. The van der Waals surface area contributed by atoms with Gasteiger partial charge in [-0.1, -0.05) is 59.6 Å². The summed E-state index contributed by atoms with van der Waals surface area (Å²) in [6.07, 6.45) is 2.60. The minimum Gasteiger partial charge on any atom is -0.351 e. The van der Waals surface area contributed by atoms with Gasteiger partial charge >= 0.3 is 0 Å². The highest BCUT2D eigenvalue weighted by atomic mass is 35.5. The predicted molar refractivity (Wildman–Crippen MR) is 117 cm³/mol. The first kappa shape index (κ1) is 21.2. The highest BCUT2D eigenvalue weighted by molar-refractivity contribution is 6.42. The molecule has 0 spiro atoms. The van der Waals surface area contributed by atoms with Crippen molar-refractivity contribution in [3.05, 3.63) is 69.7 Å². The third-order valence-corrected chi connectivity index (χ3v) is 6.04. The Morgan fingerprint density at radius 3 is 2.36 bits per heavy atom. The van der Waals surface area contributed by atoms with Gasteiger partial charge in [0.05, 0.1) is 10.0 Å². The molecule has 0 aliphatic carbocycles. The van der Waals surface area contributed by atoms with Crippen molar-refractivity contribution in [1.82, 2.24) is 10.2 Å². The summed E-state index contributed by atoms with van der Waals surface area (Å²) in [7, 11) is 0. The maximum atomic E-state index is 12.8. The van der Waals surface area contributed by atoms with Gasteiger partial charge in [-0.2, -0.15) is 0 Å². The number of amides is 1. The molecule has 3 rings (SSSR count). The maximum Gasteiger partial charge on any atom is 0.223 e. The maximum absolute atomic E-state index is 12.8. The molecule has 0 unspecified atom stereocenters. The van der Waals surface area contributed by atoms with Crippen molar-refractivity contribution in [3.8, 4) is 0 Å². The highest BCUT2D eigenvalue weighted by Gasteiger charge is 2.29. The number of likely N-dealkylation sites (tertiary alicyclic amines) is 1. The molecule has 1 amide bonds. The van der Waals surface area contributed by atoms with Gasteiger partial charge in [-0.3, -0.25) is 9.69 Å². The van der Waals surface area contributed by atoms with E-state index >= 15 is 0 Å². The molecule has 3 nitrogen and oxygen atoms in total. The fraction of sp³-hybridized carbons (Fsp3) is 0.435. The number of piperidine rings is 1. The van der Waals surface area contributed by atoms with Crippen LogP contribution in [0, 0.1) is 5.92 Å². The third-order valence-electron chi connectivity index (χ3n) is 5.30. The fourth-order valence-electron chi connectivity index (χ4n) is 3.84. The Bertz CT molecular complexity index is 800. The number of hydrogen-bond donors (Lipinski definition) is 1. The summed E-state index contributed by atoms with van der Waals surface area (Å²) in [5.41, 5.74) is 2.14. The van der Waals surface area contributed by atoms with Crippen LogP contribution in [0.1, 0.15) is 37.8 Å². The van der Waals surface area contributed by atoms with Crippen LogP contribution in [0.15, 0.2) is 48.5 Å². The molecule has 0 saturated carbocycles. The Morgan fingerprint density at radius 2 is 1.71 bits per heavy atom. The SMILES string of the molecule is CC(C)(Cc1ccccc1)NC(=O)C1CCN(Cc2ccc(Cl)c(Cl)c2)CC1. The van der Waals surface area contributed by atoms with Gasteiger partial charge in [0, 0.05) is 18.0 Å². The summed E-state index contributed by atoms with van der Waals surface area (Å²) >= 11 is 12.1. The van der Waals surface area contributed by atoms with E-state index in [2.05, 4.69) is 36.2 Å². The smallest absolute Gasteiger partial charge is 0.223 e. The molecule has 2 aromatic rings. The van der Waals surface area contributed by atoms with Crippen molar-refractivity contribution in [1.29, 1.82) is 0 Å². The van der Waals surface area contributed by atoms with E-state index in [1.54, 1.807) is 0 Å². The second-order valence-electron chi connectivity index (χ2n) is 8.33. The number of nitrogens with one attached hydrogen (secondary N) is 1. The number of carbonyl (C=O) groups is 1. The van der Waals surface area contributed by atoms with E-state index in [-0.39, 0.29) is 17.4 Å². The first-order chi connectivity index (χ1) is 13.3. The van der Waals surface area contributed by atoms with Crippen LogP contribution in [0.5, 0.6) is 0 Å². The summed E-state index contributed by atoms with van der Waals surface area (Å²) < 4.78 is 0. The molecule has 0 radical (unpaired) electrons. The lowest BCUT2D eigenvalue weighted by Crippen LogP contribution is -2.49. The molecule has 0 atom stereocenters. The Hall–Kier alpha value is -1.55. The van der Waals surface area contributed by atoms with Crippen LogP contribution in [0.2, 0.25) is 10.0 Å². The standard InChI is InChI=1S/C23H28Cl2N2O/c1-23(2,15-17-6-4-3-5-7-17)26-22(28)19-10-12-27(13-11-19)16-18-8-9-20(24)21(25)14-18/h3-9,14,19H,10-13,15-16H2,1-2H3,(H,26,28). The average Bonchev–Trinajstić information content (AvgIpc) is 2.65. The molecule has 1 fully saturated rings. The zero-order valence-electron chi connectivity index (χ0n) is 16.6. The summed E-state index contributed by atoms with van der Waals surface area (Å²) in [6, 6.07) is 16.1. The fourth-order valence-corrected chi connectivity index (χ4v) is 4.16. The van der Waals surface area contributed by atoms with Crippen molar-refractivity contribution >= 4 is 29.1 Å². The first-order valence-corrected chi connectivity index (χ1v) is 10.6. The number of halogens is 2. The summed E-state index contributed by atoms with van der Waals surface area (Å²) in [4.78, 5) is 15.2. The van der Waals surface area contributed by atoms with Crippen molar-refractivity contribution in [3.63, 3.8) is 0 Å². The van der Waals surface area contributed by atoms with Crippen molar-refractivity contribution in [2.45, 2.75) is 45.2 Å². The van der Waals surface area contributed by atoms with Crippen molar-refractivity contribution < 1.29 is 4.79 Å². The largest absolute Gasteiger partial charge is 0.351 e. The zero-order chi connectivity index (χ0) is 20.1. The zero-order valence-corrected chi connectivity index (χ0v) is 18.1. The number of benzene rings is 2. The van der Waals surface area contributed by atoms with E-state index in [1.165, 1.54) is 5.56 Å². The van der Waals surface area contributed by atoms with E-state index in [4.69, 9.17) is 23.2 Å². The number of carbonyl (C=O) groups excluding carboxylic acids is 1. The van der Waals surface area contributed by atoms with Crippen LogP contribution < -0.4 is 5.32 Å². The second kappa shape index (κ2) is 9.30. The molecule has 2 aromatic carbocycles. The Labute approximate surface area is 178 Å². The van der Waals surface area contributed by atoms with Crippen molar-refractivity contribution in [2.24, 2.45) is 5.92 Å². The first-order valence-electron chi connectivity index (χ1n) is 9.85. The van der Waals surface area contributed by atoms with Crippen LogP contribution >= 0.6 is 23.2 Å². The number of hydrogen-bond acceptors (Lipinski definition) is 2. The lowest BCUT2D eigenvalue weighted by molar-refractivity contribution is -0.128. The van der Waals surface area contributed by atoms with E-state index in [9.17, 15) is 4.79 Å². The van der Waals surface area contributed by atoms with Gasteiger partial charge in [0.2, 0.25) is 5.91 Å². The summed E-state index contributed by atoms with van der Waals surface area (Å²) in [5.74, 6) is 0.259. The minimum absolute atomic E-state index is 0.0834. The molecule has 1 aliphatic rings. The number of rotatable bonds is 6. The molecule has 0 bridgehead atoms. The van der Waals surface area contributed by atoms with Crippen LogP contribution in [0.4, 0.5) is 0 Å². The molecular formula is C23H28Cl2N2O. The Kier molecular flexibility index (Phi) is 7.03. The van der Waals surface area contributed by atoms with Gasteiger partial charge in [-0.15, -0.1) is 0 Å². The summed E-state index contributed by atoms with van der Waals surface area (Å²) in [5, 5.41) is 4.44. The molecule has 1 heterocycles. The quantitative estimate of drug-likeness (QED) is 0.685. The Balaban J connectivity index is 1.48. The molecule has 1 N–H and O–H groups in total. The molecule has 150 valence electrons. The van der Waals surface area contributed by atoms with Crippen LogP contribution in [-0.2, 0) is 17.8 Å². The van der Waals surface area contributed by atoms with E-state index in [0.29, 0.717) is 10.0 Å². The minimum atomic E-state index is -0.254. The third kappa shape index (κ3) is 5.97. The van der Waals surface area contributed by atoms with Crippen LogP contribution in [-0.4, -0.2) is 29.4 Å². The highest BCUT2D eigenvalue weighted by Crippen LogP contribution is 2.25. The van der Waals surface area contributed by atoms with Gasteiger partial charge < -0.3 is 5.32 Å². The lowest BCUT2D eigenvalue weighted by atomic mass is 9.91. The lowest BCUT2D eigenvalue weighted by Gasteiger charge is -2.34. The van der Waals surface area contributed by atoms with Gasteiger partial charge in [-0.05, 0) is 69.5 Å². The van der Waals surface area contributed by atoms with E-state index in [0.717, 1.165) is 44.5 Å².